The van der Waals surface area contributed by atoms with Crippen LogP contribution in [0.3, 0.4) is 0 Å². The zero-order valence-corrected chi connectivity index (χ0v) is 9.24. The van der Waals surface area contributed by atoms with E-state index < -0.39 is 0 Å². The molecule has 16 heavy (non-hydrogen) atoms. The second-order valence-electron chi connectivity index (χ2n) is 4.19. The summed E-state index contributed by atoms with van der Waals surface area (Å²) in [5.41, 5.74) is 0.920. The Morgan fingerprint density at radius 3 is 3.19 bits per heavy atom. The number of hydrogen-bond donors (Lipinski definition) is 2. The van der Waals surface area contributed by atoms with Crippen molar-refractivity contribution in [3.63, 3.8) is 0 Å². The number of fused-ring (bicyclic) bond motifs is 1. The highest BCUT2D eigenvalue weighted by Gasteiger charge is 2.23. The van der Waals surface area contributed by atoms with E-state index in [1.807, 2.05) is 6.92 Å². The SMILES string of the molecule is CC(CO)NCC1Cc2cc(F)ccc2O1. The molecule has 1 aromatic rings. The molecule has 88 valence electrons. The van der Waals surface area contributed by atoms with Crippen LogP contribution in [0.5, 0.6) is 5.75 Å². The third-order valence-corrected chi connectivity index (χ3v) is 2.73. The molecule has 0 aromatic heterocycles. The molecule has 2 N–H and O–H groups in total. The van der Waals surface area contributed by atoms with Crippen LogP contribution in [0.15, 0.2) is 18.2 Å². The molecule has 0 fully saturated rings. The van der Waals surface area contributed by atoms with Gasteiger partial charge in [0.25, 0.3) is 0 Å². The summed E-state index contributed by atoms with van der Waals surface area (Å²) < 4.78 is 18.6. The lowest BCUT2D eigenvalue weighted by Gasteiger charge is -2.15. The Morgan fingerprint density at radius 2 is 2.44 bits per heavy atom. The average Bonchev–Trinajstić information content (AvgIpc) is 2.67. The van der Waals surface area contributed by atoms with Gasteiger partial charge in [0, 0.05) is 24.6 Å². The van der Waals surface area contributed by atoms with Gasteiger partial charge in [-0.15, -0.1) is 0 Å². The van der Waals surface area contributed by atoms with Crippen molar-refractivity contribution in [1.82, 2.24) is 5.32 Å². The lowest BCUT2D eigenvalue weighted by Crippen LogP contribution is -2.37. The van der Waals surface area contributed by atoms with Gasteiger partial charge in [-0.25, -0.2) is 4.39 Å². The minimum absolute atomic E-state index is 0.0331. The highest BCUT2D eigenvalue weighted by molar-refractivity contribution is 5.37. The molecule has 2 atom stereocenters. The van der Waals surface area contributed by atoms with E-state index in [0.29, 0.717) is 6.54 Å². The quantitative estimate of drug-likeness (QED) is 0.806. The Morgan fingerprint density at radius 1 is 1.62 bits per heavy atom. The highest BCUT2D eigenvalue weighted by Crippen LogP contribution is 2.28. The van der Waals surface area contributed by atoms with E-state index in [-0.39, 0.29) is 24.6 Å². The second kappa shape index (κ2) is 4.80. The van der Waals surface area contributed by atoms with Crippen molar-refractivity contribution in [2.24, 2.45) is 0 Å². The molecule has 1 aliphatic heterocycles. The summed E-state index contributed by atoms with van der Waals surface area (Å²) in [6.07, 6.45) is 0.754. The van der Waals surface area contributed by atoms with E-state index >= 15 is 0 Å². The number of ether oxygens (including phenoxy) is 1. The zero-order chi connectivity index (χ0) is 11.5. The van der Waals surface area contributed by atoms with Gasteiger partial charge in [-0.3, -0.25) is 0 Å². The van der Waals surface area contributed by atoms with E-state index in [1.165, 1.54) is 12.1 Å². The molecule has 4 heteroatoms. The molecule has 1 aromatic carbocycles. The van der Waals surface area contributed by atoms with Gasteiger partial charge in [-0.05, 0) is 25.1 Å². The maximum Gasteiger partial charge on any atom is 0.123 e. The van der Waals surface area contributed by atoms with Crippen molar-refractivity contribution in [2.45, 2.75) is 25.5 Å². The maximum absolute atomic E-state index is 13.0. The molecule has 2 unspecified atom stereocenters. The van der Waals surface area contributed by atoms with E-state index in [1.54, 1.807) is 6.07 Å². The van der Waals surface area contributed by atoms with Crippen LogP contribution in [0.2, 0.25) is 0 Å². The van der Waals surface area contributed by atoms with Crippen LogP contribution in [0.1, 0.15) is 12.5 Å². The summed E-state index contributed by atoms with van der Waals surface area (Å²) in [7, 11) is 0. The molecule has 0 saturated carbocycles. The smallest absolute Gasteiger partial charge is 0.123 e. The molecule has 2 rings (SSSR count). The van der Waals surface area contributed by atoms with Crippen LogP contribution in [0.25, 0.3) is 0 Å². The Hall–Kier alpha value is -1.13. The van der Waals surface area contributed by atoms with Crippen molar-refractivity contribution in [2.75, 3.05) is 13.2 Å². The van der Waals surface area contributed by atoms with Gasteiger partial charge in [0.1, 0.15) is 17.7 Å². The fraction of sp³-hybridized carbons (Fsp3) is 0.500. The van der Waals surface area contributed by atoms with Gasteiger partial charge in [-0.2, -0.15) is 0 Å². The first kappa shape index (κ1) is 11.4. The van der Waals surface area contributed by atoms with Crippen LogP contribution in [0, 0.1) is 5.82 Å². The predicted octanol–water partition coefficient (Wildman–Crippen LogP) is 1.10. The van der Waals surface area contributed by atoms with Crippen molar-refractivity contribution in [3.05, 3.63) is 29.6 Å². The normalized spacial score (nSPS) is 20.3. The monoisotopic (exact) mass is 225 g/mol. The Bertz CT molecular complexity index is 370. The molecule has 1 aliphatic rings. The van der Waals surface area contributed by atoms with Crippen molar-refractivity contribution in [3.8, 4) is 5.75 Å². The van der Waals surface area contributed by atoms with Gasteiger partial charge in [0.05, 0.1) is 6.61 Å². The molecule has 0 saturated heterocycles. The van der Waals surface area contributed by atoms with E-state index in [4.69, 9.17) is 9.84 Å². The fourth-order valence-electron chi connectivity index (χ4n) is 1.80. The average molecular weight is 225 g/mol. The van der Waals surface area contributed by atoms with Crippen LogP contribution < -0.4 is 10.1 Å². The summed E-state index contributed by atoms with van der Waals surface area (Å²) >= 11 is 0. The minimum Gasteiger partial charge on any atom is -0.488 e. The molecule has 0 bridgehead atoms. The maximum atomic E-state index is 13.0. The standard InChI is InChI=1S/C12H16FNO2/c1-8(7-15)14-6-11-5-9-4-10(13)2-3-12(9)16-11/h2-4,8,11,14-15H,5-7H2,1H3. The van der Waals surface area contributed by atoms with E-state index in [0.717, 1.165) is 17.7 Å². The molecule has 0 spiro atoms. The molecular weight excluding hydrogens is 209 g/mol. The third-order valence-electron chi connectivity index (χ3n) is 2.73. The molecule has 0 amide bonds. The van der Waals surface area contributed by atoms with Crippen LogP contribution in [-0.2, 0) is 6.42 Å². The van der Waals surface area contributed by atoms with Gasteiger partial charge >= 0.3 is 0 Å². The minimum atomic E-state index is -0.223. The molecule has 3 nitrogen and oxygen atoms in total. The molecule has 0 radical (unpaired) electrons. The number of halogens is 1. The first-order valence-corrected chi connectivity index (χ1v) is 5.48. The van der Waals surface area contributed by atoms with Crippen LogP contribution >= 0.6 is 0 Å². The van der Waals surface area contributed by atoms with Crippen molar-refractivity contribution < 1.29 is 14.2 Å². The summed E-state index contributed by atoms with van der Waals surface area (Å²) in [5.74, 6) is 0.546. The number of rotatable bonds is 4. The first-order chi connectivity index (χ1) is 7.69. The zero-order valence-electron chi connectivity index (χ0n) is 9.24. The van der Waals surface area contributed by atoms with E-state index in [2.05, 4.69) is 5.32 Å². The Kier molecular flexibility index (Phi) is 3.41. The summed E-state index contributed by atoms with van der Waals surface area (Å²) in [4.78, 5) is 0. The number of aliphatic hydroxyl groups is 1. The molecule has 1 heterocycles. The highest BCUT2D eigenvalue weighted by atomic mass is 19.1. The van der Waals surface area contributed by atoms with Gasteiger partial charge in [0.2, 0.25) is 0 Å². The fourth-order valence-corrected chi connectivity index (χ4v) is 1.80. The number of benzene rings is 1. The van der Waals surface area contributed by atoms with Crippen molar-refractivity contribution >= 4 is 0 Å². The lowest BCUT2D eigenvalue weighted by molar-refractivity contribution is 0.201. The number of aliphatic hydroxyl groups excluding tert-OH is 1. The van der Waals surface area contributed by atoms with E-state index in [9.17, 15) is 4.39 Å². The van der Waals surface area contributed by atoms with Gasteiger partial charge < -0.3 is 15.2 Å². The number of nitrogens with one attached hydrogen (secondary N) is 1. The summed E-state index contributed by atoms with van der Waals surface area (Å²) in [6, 6.07) is 4.65. The molecule has 0 aliphatic carbocycles. The predicted molar refractivity (Wildman–Crippen MR) is 59.1 cm³/mol. The molecular formula is C12H16FNO2. The Balaban J connectivity index is 1.90. The van der Waals surface area contributed by atoms with Gasteiger partial charge in [0.15, 0.2) is 0 Å². The second-order valence-corrected chi connectivity index (χ2v) is 4.19. The Labute approximate surface area is 94.2 Å². The third kappa shape index (κ3) is 2.51. The van der Waals surface area contributed by atoms with Crippen molar-refractivity contribution in [1.29, 1.82) is 0 Å². The first-order valence-electron chi connectivity index (χ1n) is 5.48. The van der Waals surface area contributed by atoms with Crippen LogP contribution in [0.4, 0.5) is 4.39 Å². The summed E-state index contributed by atoms with van der Waals surface area (Å²) in [5, 5.41) is 12.0. The number of hydrogen-bond acceptors (Lipinski definition) is 3. The topological polar surface area (TPSA) is 41.5 Å². The largest absolute Gasteiger partial charge is 0.488 e. The lowest BCUT2D eigenvalue weighted by atomic mass is 10.1. The van der Waals surface area contributed by atoms with Crippen LogP contribution in [-0.4, -0.2) is 30.4 Å². The summed E-state index contributed by atoms with van der Waals surface area (Å²) in [6.45, 7) is 2.67. The van der Waals surface area contributed by atoms with Gasteiger partial charge in [-0.1, -0.05) is 0 Å².